The number of esters is 4. The van der Waals surface area contributed by atoms with E-state index in [1.165, 1.54) is 21.0 Å². The van der Waals surface area contributed by atoms with Crippen LogP contribution in [-0.2, 0) is 42.9 Å². The molecule has 0 aliphatic carbocycles. The molecule has 10 heteroatoms. The van der Waals surface area contributed by atoms with Crippen LogP contribution in [0.4, 0.5) is 0 Å². The molecule has 35 heavy (non-hydrogen) atoms. The second kappa shape index (κ2) is 8.99. The van der Waals surface area contributed by atoms with Gasteiger partial charge in [-0.25, -0.2) is 9.59 Å². The molecule has 4 bridgehead atoms. The van der Waals surface area contributed by atoms with Crippen molar-refractivity contribution in [2.24, 2.45) is 5.92 Å². The van der Waals surface area contributed by atoms with Crippen molar-refractivity contribution in [3.8, 4) is 0 Å². The first-order valence-corrected chi connectivity index (χ1v) is 11.3. The minimum Gasteiger partial charge on any atom is -0.466 e. The highest BCUT2D eigenvalue weighted by molar-refractivity contribution is 5.93. The number of hydrogen-bond donors (Lipinski definition) is 0. The predicted molar refractivity (Wildman–Crippen MR) is 118 cm³/mol. The first-order valence-electron chi connectivity index (χ1n) is 11.3. The van der Waals surface area contributed by atoms with Crippen molar-refractivity contribution in [1.29, 1.82) is 0 Å². The van der Waals surface area contributed by atoms with E-state index < -0.39 is 59.8 Å². The van der Waals surface area contributed by atoms with Gasteiger partial charge in [-0.1, -0.05) is 6.58 Å². The van der Waals surface area contributed by atoms with Gasteiger partial charge in [0.1, 0.15) is 35.4 Å². The molecule has 0 unspecified atom stereocenters. The first-order chi connectivity index (χ1) is 16.4. The molecule has 0 aromatic carbocycles. The van der Waals surface area contributed by atoms with E-state index in [9.17, 15) is 19.2 Å². The Morgan fingerprint density at radius 1 is 1.17 bits per heavy atom. The van der Waals surface area contributed by atoms with Gasteiger partial charge in [-0.05, 0) is 31.6 Å². The van der Waals surface area contributed by atoms with Gasteiger partial charge in [0.2, 0.25) is 0 Å². The molecule has 188 valence electrons. The molecule has 4 rings (SSSR count). The molecule has 0 spiro atoms. The summed E-state index contributed by atoms with van der Waals surface area (Å²) in [6, 6.07) is 1.79. The van der Waals surface area contributed by atoms with Gasteiger partial charge in [0.25, 0.3) is 0 Å². The van der Waals surface area contributed by atoms with E-state index in [0.717, 1.165) is 0 Å². The number of rotatable bonds is 4. The predicted octanol–water partition coefficient (Wildman–Crippen LogP) is 2.94. The third kappa shape index (κ3) is 4.75. The van der Waals surface area contributed by atoms with Crippen molar-refractivity contribution in [2.75, 3.05) is 7.11 Å². The molecule has 1 aromatic heterocycles. The summed E-state index contributed by atoms with van der Waals surface area (Å²) in [6.45, 7) is 9.96. The van der Waals surface area contributed by atoms with E-state index in [-0.39, 0.29) is 17.6 Å². The maximum absolute atomic E-state index is 12.8. The molecule has 1 saturated heterocycles. The molecule has 0 saturated carbocycles. The summed E-state index contributed by atoms with van der Waals surface area (Å²) < 4.78 is 33.6. The highest BCUT2D eigenvalue weighted by Crippen LogP contribution is 2.55. The second-order valence-electron chi connectivity index (χ2n) is 9.26. The van der Waals surface area contributed by atoms with Gasteiger partial charge in [-0.3, -0.25) is 9.59 Å². The molecule has 4 heterocycles. The number of fused-ring (bicyclic) bond motifs is 5. The SMILES string of the molecule is C=C(C(=O)OC)[C@@H]1C[C@@H](OC(C)=O)C2=C[C@H](C[C@@]3(C)O[C@@H]3c3cc(C)c(o3)[C@H]1OC(C)=O)OC2=O. The second-order valence-corrected chi connectivity index (χ2v) is 9.26. The van der Waals surface area contributed by atoms with E-state index in [4.69, 9.17) is 28.1 Å². The number of aryl methyl sites for hydroxylation is 1. The van der Waals surface area contributed by atoms with E-state index in [1.54, 1.807) is 19.1 Å². The van der Waals surface area contributed by atoms with Crippen molar-refractivity contribution < 1.29 is 47.3 Å². The Morgan fingerprint density at radius 3 is 2.49 bits per heavy atom. The van der Waals surface area contributed by atoms with Crippen LogP contribution in [-0.4, -0.2) is 48.8 Å². The monoisotopic (exact) mass is 488 g/mol. The van der Waals surface area contributed by atoms with Crippen LogP contribution in [0.3, 0.4) is 0 Å². The van der Waals surface area contributed by atoms with E-state index in [0.29, 0.717) is 23.5 Å². The highest BCUT2D eigenvalue weighted by atomic mass is 16.6. The summed E-state index contributed by atoms with van der Waals surface area (Å²) in [6.07, 6.45) is -1.38. The summed E-state index contributed by atoms with van der Waals surface area (Å²) in [5, 5.41) is 0. The van der Waals surface area contributed by atoms with Crippen LogP contribution >= 0.6 is 0 Å². The van der Waals surface area contributed by atoms with Crippen molar-refractivity contribution >= 4 is 23.9 Å². The highest BCUT2D eigenvalue weighted by Gasteiger charge is 2.57. The minimum atomic E-state index is -1.12. The van der Waals surface area contributed by atoms with Crippen LogP contribution in [0.15, 0.2) is 34.3 Å². The average Bonchev–Trinajstić information content (AvgIpc) is 3.08. The smallest absolute Gasteiger partial charge is 0.338 e. The Balaban J connectivity index is 1.88. The Labute approximate surface area is 202 Å². The number of ether oxygens (including phenoxy) is 5. The Hall–Kier alpha value is -3.40. The maximum atomic E-state index is 12.8. The summed E-state index contributed by atoms with van der Waals surface area (Å²) in [4.78, 5) is 49.4. The number of furan rings is 1. The fraction of sp³-hybridized carbons (Fsp3) is 0.520. The lowest BCUT2D eigenvalue weighted by Crippen LogP contribution is -2.32. The largest absolute Gasteiger partial charge is 0.466 e. The van der Waals surface area contributed by atoms with Crippen LogP contribution in [0.5, 0.6) is 0 Å². The van der Waals surface area contributed by atoms with Crippen LogP contribution in [0.2, 0.25) is 0 Å². The van der Waals surface area contributed by atoms with Gasteiger partial charge < -0.3 is 28.1 Å². The molecule has 0 amide bonds. The van der Waals surface area contributed by atoms with Crippen LogP contribution in [0.1, 0.15) is 62.9 Å². The zero-order valence-electron chi connectivity index (χ0n) is 20.2. The fourth-order valence-corrected chi connectivity index (χ4v) is 4.83. The Kier molecular flexibility index (Phi) is 6.35. The van der Waals surface area contributed by atoms with E-state index >= 15 is 0 Å². The molecule has 0 radical (unpaired) electrons. The van der Waals surface area contributed by atoms with Crippen molar-refractivity contribution in [3.63, 3.8) is 0 Å². The molecule has 0 N–H and O–H groups in total. The van der Waals surface area contributed by atoms with Crippen LogP contribution < -0.4 is 0 Å². The summed E-state index contributed by atoms with van der Waals surface area (Å²) >= 11 is 0. The van der Waals surface area contributed by atoms with Crippen molar-refractivity contribution in [2.45, 2.75) is 70.6 Å². The van der Waals surface area contributed by atoms with Gasteiger partial charge in [0, 0.05) is 38.2 Å². The Morgan fingerprint density at radius 2 is 1.86 bits per heavy atom. The number of carbonyl (C=O) groups is 4. The van der Waals surface area contributed by atoms with Crippen LogP contribution in [0.25, 0.3) is 0 Å². The maximum Gasteiger partial charge on any atom is 0.338 e. The number of carbonyl (C=O) groups excluding carboxylic acids is 4. The van der Waals surface area contributed by atoms with Gasteiger partial charge >= 0.3 is 23.9 Å². The van der Waals surface area contributed by atoms with Crippen molar-refractivity contribution in [1.82, 2.24) is 0 Å². The topological polar surface area (TPSA) is 131 Å². The van der Waals surface area contributed by atoms with Gasteiger partial charge in [0.05, 0.1) is 12.7 Å². The zero-order chi connectivity index (χ0) is 25.7. The summed E-state index contributed by atoms with van der Waals surface area (Å²) in [5.41, 5.74) is 0.0991. The number of epoxide rings is 1. The number of methoxy groups -OCH3 is 1. The van der Waals surface area contributed by atoms with Gasteiger partial charge in [-0.2, -0.15) is 0 Å². The molecule has 1 aromatic rings. The number of hydrogen-bond acceptors (Lipinski definition) is 10. The van der Waals surface area contributed by atoms with Gasteiger partial charge in [0.15, 0.2) is 6.10 Å². The van der Waals surface area contributed by atoms with Gasteiger partial charge in [-0.15, -0.1) is 0 Å². The molecule has 3 aliphatic heterocycles. The van der Waals surface area contributed by atoms with E-state index in [2.05, 4.69) is 6.58 Å². The summed E-state index contributed by atoms with van der Waals surface area (Å²) in [5.74, 6) is -2.81. The van der Waals surface area contributed by atoms with Crippen molar-refractivity contribution in [3.05, 3.63) is 47.0 Å². The third-order valence-corrected chi connectivity index (χ3v) is 6.52. The normalized spacial score (nSPS) is 31.4. The van der Waals surface area contributed by atoms with E-state index in [1.807, 2.05) is 6.92 Å². The molecule has 1 fully saturated rings. The average molecular weight is 488 g/mol. The molecular formula is C25H28O10. The molecule has 6 atom stereocenters. The Bertz CT molecular complexity index is 1130. The quantitative estimate of drug-likeness (QED) is 0.270. The lowest BCUT2D eigenvalue weighted by atomic mass is 9.84. The lowest BCUT2D eigenvalue weighted by molar-refractivity contribution is -0.155. The molecule has 10 nitrogen and oxygen atoms in total. The molecule has 3 aliphatic rings. The zero-order valence-corrected chi connectivity index (χ0v) is 20.2. The fourth-order valence-electron chi connectivity index (χ4n) is 4.83. The summed E-state index contributed by atoms with van der Waals surface area (Å²) in [7, 11) is 1.19. The lowest BCUT2D eigenvalue weighted by Gasteiger charge is -2.29. The first kappa shape index (κ1) is 24.7. The third-order valence-electron chi connectivity index (χ3n) is 6.52. The minimum absolute atomic E-state index is 0.0425. The van der Waals surface area contributed by atoms with Crippen LogP contribution in [0, 0.1) is 12.8 Å². The standard InChI is InChI=1S/C25H28O10/c1-11-7-19-22-25(5,35-22)10-15-8-17(24(29)33-15)18(31-13(3)26)9-16(12(2)23(28)30-6)21(20(11)34-19)32-14(4)27/h7-8,15-16,18,21-22H,2,9-10H2,1,3-6H3/t15-,16+,18-,21+,22-,25-/m1/s1. The molecular weight excluding hydrogens is 460 g/mol.